The first-order chi connectivity index (χ1) is 18.3. The maximum Gasteiger partial charge on any atom is 0.253 e. The number of aryl methyl sites for hydroxylation is 1. The van der Waals surface area contributed by atoms with Crippen LogP contribution in [0.3, 0.4) is 0 Å². The van der Waals surface area contributed by atoms with Gasteiger partial charge >= 0.3 is 0 Å². The average Bonchev–Trinajstić information content (AvgIpc) is 3.33. The van der Waals surface area contributed by atoms with Crippen molar-refractivity contribution in [2.45, 2.75) is 45.3 Å². The predicted molar refractivity (Wildman–Crippen MR) is 139 cm³/mol. The molecule has 3 aliphatic heterocycles. The largest absolute Gasteiger partial charge is 0.486 e. The van der Waals surface area contributed by atoms with Crippen LogP contribution in [0.1, 0.15) is 58.4 Å². The van der Waals surface area contributed by atoms with Gasteiger partial charge in [0.2, 0.25) is 0 Å². The molecular formula is C29H32N4O5. The number of piperidine rings is 1. The number of ether oxygens (including phenoxy) is 2. The van der Waals surface area contributed by atoms with Gasteiger partial charge in [-0.1, -0.05) is 12.1 Å². The van der Waals surface area contributed by atoms with Gasteiger partial charge in [-0.2, -0.15) is 0 Å². The van der Waals surface area contributed by atoms with E-state index >= 15 is 0 Å². The first-order valence-corrected chi connectivity index (χ1v) is 13.1. The summed E-state index contributed by atoms with van der Waals surface area (Å²) in [6.07, 6.45) is 3.62. The molecule has 0 radical (unpaired) electrons. The number of rotatable bonds is 6. The Labute approximate surface area is 221 Å². The smallest absolute Gasteiger partial charge is 0.253 e. The molecule has 6 rings (SSSR count). The van der Waals surface area contributed by atoms with Gasteiger partial charge in [-0.25, -0.2) is 0 Å². The fourth-order valence-corrected chi connectivity index (χ4v) is 5.60. The number of ketones is 1. The molecule has 9 nitrogen and oxygen atoms in total. The van der Waals surface area contributed by atoms with Gasteiger partial charge in [-0.3, -0.25) is 14.6 Å². The Balaban J connectivity index is 1.10. The summed E-state index contributed by atoms with van der Waals surface area (Å²) in [6, 6.07) is 10.9. The van der Waals surface area contributed by atoms with Gasteiger partial charge in [0.1, 0.15) is 11.4 Å². The van der Waals surface area contributed by atoms with Gasteiger partial charge in [-0.15, -0.1) is 0 Å². The van der Waals surface area contributed by atoms with E-state index in [1.807, 2.05) is 25.1 Å². The molecule has 1 N–H and O–H groups in total. The van der Waals surface area contributed by atoms with Crippen molar-refractivity contribution < 1.29 is 23.6 Å². The Bertz CT molecular complexity index is 1350. The maximum atomic E-state index is 13.2. The minimum Gasteiger partial charge on any atom is -0.486 e. The van der Waals surface area contributed by atoms with E-state index in [1.54, 1.807) is 18.2 Å². The van der Waals surface area contributed by atoms with Gasteiger partial charge in [0.15, 0.2) is 11.5 Å². The molecule has 3 aromatic rings. The molecular weight excluding hydrogens is 484 g/mol. The quantitative estimate of drug-likeness (QED) is 0.527. The van der Waals surface area contributed by atoms with Crippen LogP contribution < -0.4 is 10.1 Å². The zero-order chi connectivity index (χ0) is 26.3. The number of carbonyl (C=O) groups excluding carboxylic acids is 2. The summed E-state index contributed by atoms with van der Waals surface area (Å²) in [4.78, 5) is 32.7. The lowest BCUT2D eigenvalue weighted by molar-refractivity contribution is -0.122. The summed E-state index contributed by atoms with van der Waals surface area (Å²) in [7, 11) is 0. The van der Waals surface area contributed by atoms with E-state index in [4.69, 9.17) is 14.0 Å². The molecule has 0 unspecified atom stereocenters. The van der Waals surface area contributed by atoms with Crippen molar-refractivity contribution in [2.75, 3.05) is 32.8 Å². The molecule has 2 aromatic heterocycles. The molecule has 3 aliphatic rings. The zero-order valence-corrected chi connectivity index (χ0v) is 21.8. The van der Waals surface area contributed by atoms with E-state index in [9.17, 15) is 9.59 Å². The molecule has 198 valence electrons. The Morgan fingerprint density at radius 3 is 2.61 bits per heavy atom. The fraction of sp³-hybridized carbons (Fsp3) is 0.448. The molecule has 38 heavy (non-hydrogen) atoms. The highest BCUT2D eigenvalue weighted by molar-refractivity contribution is 6.01. The Kier molecular flexibility index (Phi) is 6.28. The first kappa shape index (κ1) is 24.8. The number of hydrogen-bond acceptors (Lipinski definition) is 8. The van der Waals surface area contributed by atoms with Crippen LogP contribution in [0.5, 0.6) is 5.75 Å². The number of nitrogens with zero attached hydrogens (tertiary/aromatic N) is 3. The minimum atomic E-state index is -0.420. The topological polar surface area (TPSA) is 107 Å². The molecule has 1 aromatic carbocycles. The van der Waals surface area contributed by atoms with E-state index in [2.05, 4.69) is 27.3 Å². The van der Waals surface area contributed by atoms with Crippen LogP contribution in [0.15, 0.2) is 47.1 Å². The number of pyridine rings is 1. The highest BCUT2D eigenvalue weighted by Crippen LogP contribution is 2.41. The van der Waals surface area contributed by atoms with Crippen LogP contribution in [-0.4, -0.2) is 65.2 Å². The van der Waals surface area contributed by atoms with Crippen LogP contribution in [-0.2, 0) is 11.3 Å². The second-order valence-electron chi connectivity index (χ2n) is 11.2. The second-order valence-corrected chi connectivity index (χ2v) is 11.2. The van der Waals surface area contributed by atoms with E-state index in [0.717, 1.165) is 56.9 Å². The van der Waals surface area contributed by atoms with Crippen molar-refractivity contribution in [3.05, 3.63) is 65.2 Å². The molecule has 0 bridgehead atoms. The molecule has 0 atom stereocenters. The van der Waals surface area contributed by atoms with E-state index in [-0.39, 0.29) is 23.7 Å². The molecule has 2 saturated heterocycles. The standard InChI is InChI=1S/C29H32N4O5/c1-19-11-22(38-32-19)15-31-27(35)21-3-5-24(30-14-21)20-4-6-26-23(12-20)25(34)13-29(37-26)7-9-33(10-8-29)16-28(2)17-36-18-28/h3-6,11-12,14H,7-10,13,15-18H2,1-2H3,(H,31,35). The van der Waals surface area contributed by atoms with Crippen molar-refractivity contribution in [1.29, 1.82) is 0 Å². The molecule has 5 heterocycles. The van der Waals surface area contributed by atoms with Gasteiger partial charge in [-0.05, 0) is 37.3 Å². The molecule has 1 amide bonds. The van der Waals surface area contributed by atoms with Gasteiger partial charge < -0.3 is 24.2 Å². The number of nitrogens with one attached hydrogen (secondary N) is 1. The van der Waals surface area contributed by atoms with E-state index in [0.29, 0.717) is 34.8 Å². The first-order valence-electron chi connectivity index (χ1n) is 13.1. The van der Waals surface area contributed by atoms with Crippen LogP contribution in [0.25, 0.3) is 11.3 Å². The lowest BCUT2D eigenvalue weighted by atomic mass is 9.81. The predicted octanol–water partition coefficient (Wildman–Crippen LogP) is 3.81. The number of carbonyl (C=O) groups is 2. The Morgan fingerprint density at radius 2 is 1.95 bits per heavy atom. The number of hydrogen-bond donors (Lipinski definition) is 1. The van der Waals surface area contributed by atoms with Crippen molar-refractivity contribution in [3.63, 3.8) is 0 Å². The fourth-order valence-electron chi connectivity index (χ4n) is 5.60. The third kappa shape index (κ3) is 4.96. The average molecular weight is 517 g/mol. The lowest BCUT2D eigenvalue weighted by Crippen LogP contribution is -2.55. The van der Waals surface area contributed by atoms with E-state index in [1.165, 1.54) is 6.20 Å². The summed E-state index contributed by atoms with van der Waals surface area (Å²) in [6.45, 7) is 8.89. The molecule has 2 fully saturated rings. The summed E-state index contributed by atoms with van der Waals surface area (Å²) >= 11 is 0. The number of likely N-dealkylation sites (tertiary alicyclic amines) is 1. The number of fused-ring (bicyclic) bond motifs is 1. The number of benzene rings is 1. The number of amides is 1. The number of aromatic nitrogens is 2. The highest BCUT2D eigenvalue weighted by Gasteiger charge is 2.44. The molecule has 0 aliphatic carbocycles. The Hall–Kier alpha value is -3.56. The summed E-state index contributed by atoms with van der Waals surface area (Å²) in [5, 5.41) is 6.62. The second kappa shape index (κ2) is 9.63. The van der Waals surface area contributed by atoms with Gasteiger partial charge in [0.25, 0.3) is 5.91 Å². The molecule has 1 spiro atoms. The summed E-state index contributed by atoms with van der Waals surface area (Å²) in [5.74, 6) is 1.10. The molecule has 0 saturated carbocycles. The Morgan fingerprint density at radius 1 is 1.13 bits per heavy atom. The minimum absolute atomic E-state index is 0.111. The maximum absolute atomic E-state index is 13.2. The lowest BCUT2D eigenvalue weighted by Gasteiger charge is -2.47. The zero-order valence-electron chi connectivity index (χ0n) is 21.8. The molecule has 9 heteroatoms. The van der Waals surface area contributed by atoms with Gasteiger partial charge in [0.05, 0.1) is 48.7 Å². The summed E-state index contributed by atoms with van der Waals surface area (Å²) < 4.78 is 17.0. The van der Waals surface area contributed by atoms with Crippen LogP contribution >= 0.6 is 0 Å². The SMILES string of the molecule is Cc1cc(CNC(=O)c2ccc(-c3ccc4c(c3)C(=O)CC3(CCN(CC5(C)COC5)CC3)O4)nc2)on1. The third-order valence-corrected chi connectivity index (χ3v) is 7.78. The highest BCUT2D eigenvalue weighted by atomic mass is 16.5. The third-order valence-electron chi connectivity index (χ3n) is 7.78. The van der Waals surface area contributed by atoms with Crippen LogP contribution in [0, 0.1) is 12.3 Å². The van der Waals surface area contributed by atoms with Crippen molar-refractivity contribution in [3.8, 4) is 17.0 Å². The van der Waals surface area contributed by atoms with Crippen molar-refractivity contribution in [2.24, 2.45) is 5.41 Å². The summed E-state index contributed by atoms with van der Waals surface area (Å²) in [5.41, 5.74) is 3.13. The number of Topliss-reactive ketones (excluding diaryl/α,β-unsaturated/α-hetero) is 1. The normalized spacial score (nSPS) is 19.9. The van der Waals surface area contributed by atoms with Crippen molar-refractivity contribution in [1.82, 2.24) is 20.4 Å². The monoisotopic (exact) mass is 516 g/mol. The van der Waals surface area contributed by atoms with Crippen LogP contribution in [0.4, 0.5) is 0 Å². The van der Waals surface area contributed by atoms with Crippen LogP contribution in [0.2, 0.25) is 0 Å². The van der Waals surface area contributed by atoms with Gasteiger partial charge in [0, 0.05) is 55.7 Å². The van der Waals surface area contributed by atoms with E-state index < -0.39 is 5.60 Å². The van der Waals surface area contributed by atoms with Crippen molar-refractivity contribution >= 4 is 11.7 Å².